The predicted molar refractivity (Wildman–Crippen MR) is 154 cm³/mol. The molecule has 0 fully saturated rings. The number of thiazole rings is 1. The Kier molecular flexibility index (Phi) is 6.42. The molecule has 0 saturated carbocycles. The molecule has 6 rings (SSSR count). The monoisotopic (exact) mass is 545 g/mol. The molecule has 6 aromatic rings. The number of carbonyl (C=O) groups excluding carboxylic acids is 1. The van der Waals surface area contributed by atoms with E-state index in [0.29, 0.717) is 44.9 Å². The number of nitrogens with one attached hydrogen (secondary N) is 1. The highest BCUT2D eigenvalue weighted by Gasteiger charge is 2.23. The maximum atomic E-state index is 14.1. The lowest BCUT2D eigenvalue weighted by atomic mass is 10.1. The van der Waals surface area contributed by atoms with Crippen molar-refractivity contribution in [2.75, 3.05) is 0 Å². The molecular formula is C30H23N7O2S. The molecule has 40 heavy (non-hydrogen) atoms. The van der Waals surface area contributed by atoms with Gasteiger partial charge in [0.05, 0.1) is 44.4 Å². The summed E-state index contributed by atoms with van der Waals surface area (Å²) >= 11 is 1.49. The highest BCUT2D eigenvalue weighted by Crippen LogP contribution is 2.22. The number of amides is 1. The summed E-state index contributed by atoms with van der Waals surface area (Å²) < 4.78 is 3.23. The fraction of sp³-hybridized carbons (Fsp3) is 0.133. The maximum Gasteiger partial charge on any atom is 0.267 e. The molecule has 1 unspecified atom stereocenters. The second-order valence-corrected chi connectivity index (χ2v) is 10.4. The first-order valence-corrected chi connectivity index (χ1v) is 13.4. The van der Waals surface area contributed by atoms with Crippen molar-refractivity contribution in [1.29, 1.82) is 0 Å². The maximum absolute atomic E-state index is 14.1. The van der Waals surface area contributed by atoms with Gasteiger partial charge >= 0.3 is 0 Å². The van der Waals surface area contributed by atoms with E-state index in [2.05, 4.69) is 32.1 Å². The second-order valence-electron chi connectivity index (χ2n) is 9.20. The van der Waals surface area contributed by atoms with Crippen LogP contribution in [0.1, 0.15) is 50.3 Å². The quantitative estimate of drug-likeness (QED) is 0.329. The van der Waals surface area contributed by atoms with Crippen molar-refractivity contribution in [3.63, 3.8) is 0 Å². The van der Waals surface area contributed by atoms with Crippen molar-refractivity contribution in [2.24, 2.45) is 0 Å². The molecular weight excluding hydrogens is 522 g/mol. The molecule has 0 bridgehead atoms. The molecule has 1 atom stereocenters. The third-order valence-corrected chi connectivity index (χ3v) is 7.30. The van der Waals surface area contributed by atoms with Gasteiger partial charge in [0.2, 0.25) is 0 Å². The molecule has 4 heterocycles. The first-order chi connectivity index (χ1) is 19.4. The largest absolute Gasteiger partial charge is 0.342 e. The van der Waals surface area contributed by atoms with Gasteiger partial charge < -0.3 is 5.32 Å². The summed E-state index contributed by atoms with van der Waals surface area (Å²) in [4.78, 5) is 46.2. The molecule has 196 valence electrons. The Morgan fingerprint density at radius 1 is 1.02 bits per heavy atom. The Labute approximate surface area is 233 Å². The van der Waals surface area contributed by atoms with Gasteiger partial charge in [0, 0.05) is 18.0 Å². The minimum Gasteiger partial charge on any atom is -0.342 e. The molecule has 0 saturated heterocycles. The van der Waals surface area contributed by atoms with E-state index in [1.54, 1.807) is 49.2 Å². The van der Waals surface area contributed by atoms with Gasteiger partial charge in [-0.25, -0.2) is 19.9 Å². The summed E-state index contributed by atoms with van der Waals surface area (Å²) in [6, 6.07) is 14.0. The van der Waals surface area contributed by atoms with E-state index in [4.69, 9.17) is 4.98 Å². The molecule has 0 aliphatic rings. The van der Waals surface area contributed by atoms with Crippen LogP contribution in [0.4, 0.5) is 0 Å². The topological polar surface area (TPSA) is 107 Å². The fourth-order valence-electron chi connectivity index (χ4n) is 4.59. The zero-order valence-electron chi connectivity index (χ0n) is 21.9. The van der Waals surface area contributed by atoms with E-state index >= 15 is 0 Å². The Bertz CT molecular complexity index is 2030. The van der Waals surface area contributed by atoms with E-state index < -0.39 is 6.04 Å². The first kappa shape index (κ1) is 25.2. The predicted octanol–water partition coefficient (Wildman–Crippen LogP) is 4.39. The number of aryl methyl sites for hydroxylation is 2. The van der Waals surface area contributed by atoms with Crippen molar-refractivity contribution in [3.8, 4) is 17.5 Å². The summed E-state index contributed by atoms with van der Waals surface area (Å²) in [7, 11) is 0. The van der Waals surface area contributed by atoms with Crippen LogP contribution < -0.4 is 10.9 Å². The lowest BCUT2D eigenvalue weighted by molar-refractivity contribution is 0.0938. The van der Waals surface area contributed by atoms with Gasteiger partial charge in [-0.05, 0) is 51.0 Å². The Hall–Kier alpha value is -5.14. The molecule has 9 nitrogen and oxygen atoms in total. The number of carbonyl (C=O) groups is 1. The molecule has 0 aliphatic heterocycles. The van der Waals surface area contributed by atoms with Gasteiger partial charge in [-0.3, -0.25) is 18.6 Å². The van der Waals surface area contributed by atoms with Crippen LogP contribution in [-0.4, -0.2) is 34.8 Å². The summed E-state index contributed by atoms with van der Waals surface area (Å²) in [5, 5.41) is 4.34. The molecule has 0 radical (unpaired) electrons. The normalized spacial score (nSPS) is 11.8. The van der Waals surface area contributed by atoms with Crippen LogP contribution in [0.5, 0.6) is 0 Å². The molecule has 10 heteroatoms. The van der Waals surface area contributed by atoms with E-state index in [-0.39, 0.29) is 11.5 Å². The zero-order valence-corrected chi connectivity index (χ0v) is 22.7. The summed E-state index contributed by atoms with van der Waals surface area (Å²) in [6.45, 7) is 5.48. The molecule has 1 amide bonds. The molecule has 0 spiro atoms. The zero-order chi connectivity index (χ0) is 27.8. The average molecular weight is 546 g/mol. The number of hydrogen-bond acceptors (Lipinski definition) is 7. The minimum atomic E-state index is -0.630. The van der Waals surface area contributed by atoms with Crippen LogP contribution in [0.25, 0.3) is 22.2 Å². The van der Waals surface area contributed by atoms with Gasteiger partial charge in [0.1, 0.15) is 17.7 Å². The van der Waals surface area contributed by atoms with Crippen LogP contribution in [-0.2, 0) is 0 Å². The number of hydrogen-bond donors (Lipinski definition) is 1. The van der Waals surface area contributed by atoms with Crippen molar-refractivity contribution in [1.82, 2.24) is 34.2 Å². The van der Waals surface area contributed by atoms with Crippen molar-refractivity contribution < 1.29 is 4.79 Å². The molecule has 4 aromatic heterocycles. The van der Waals surface area contributed by atoms with Crippen LogP contribution in [0, 0.1) is 25.7 Å². The van der Waals surface area contributed by atoms with E-state index in [0.717, 1.165) is 9.88 Å². The lowest BCUT2D eigenvalue weighted by Gasteiger charge is -2.20. The average Bonchev–Trinajstić information content (AvgIpc) is 3.60. The third-order valence-electron chi connectivity index (χ3n) is 6.47. The van der Waals surface area contributed by atoms with Gasteiger partial charge in [-0.1, -0.05) is 30.2 Å². The van der Waals surface area contributed by atoms with Crippen molar-refractivity contribution >= 4 is 33.8 Å². The van der Waals surface area contributed by atoms with Crippen molar-refractivity contribution in [3.05, 3.63) is 116 Å². The Morgan fingerprint density at radius 2 is 1.85 bits per heavy atom. The third kappa shape index (κ3) is 4.52. The molecule has 2 aromatic carbocycles. The summed E-state index contributed by atoms with van der Waals surface area (Å²) in [5.74, 6) is 6.29. The fourth-order valence-corrected chi connectivity index (χ4v) is 5.22. The van der Waals surface area contributed by atoms with Crippen LogP contribution >= 0.6 is 11.3 Å². The van der Waals surface area contributed by atoms with Gasteiger partial charge in [-0.2, -0.15) is 0 Å². The van der Waals surface area contributed by atoms with Crippen LogP contribution in [0.2, 0.25) is 0 Å². The first-order valence-electron chi connectivity index (χ1n) is 12.6. The number of imidazole rings is 1. The number of rotatable bonds is 4. The summed E-state index contributed by atoms with van der Waals surface area (Å²) in [5.41, 5.74) is 2.84. The molecule has 1 N–H and O–H groups in total. The van der Waals surface area contributed by atoms with Gasteiger partial charge in [0.25, 0.3) is 11.5 Å². The number of benzene rings is 2. The van der Waals surface area contributed by atoms with Gasteiger partial charge in [-0.15, -0.1) is 11.3 Å². The van der Waals surface area contributed by atoms with Crippen LogP contribution in [0.15, 0.2) is 78.2 Å². The SMILES string of the molecule is Cc1ncc(C#Cc2cccc3nc(C(C)NC(=O)c4c(C)ncn5ccnc45)n(-c4ccccc4)c(=O)c23)s1. The van der Waals surface area contributed by atoms with E-state index in [1.807, 2.05) is 49.4 Å². The Morgan fingerprint density at radius 3 is 2.62 bits per heavy atom. The van der Waals surface area contributed by atoms with Gasteiger partial charge in [0.15, 0.2) is 5.65 Å². The van der Waals surface area contributed by atoms with E-state index in [1.165, 1.54) is 15.9 Å². The lowest BCUT2D eigenvalue weighted by Crippen LogP contribution is -2.34. The standard InChI is InChI=1S/C30H23N7O2S/c1-18-25(28-31-14-15-36(28)17-33-18)29(38)34-19(2)27-35-24-11-7-8-21(12-13-23-16-32-20(3)40-23)26(24)30(39)37(27)22-9-5-4-6-10-22/h4-11,14-17,19H,1-3H3,(H,34,38). The van der Waals surface area contributed by atoms with Crippen molar-refractivity contribution in [2.45, 2.75) is 26.8 Å². The highest BCUT2D eigenvalue weighted by molar-refractivity contribution is 7.12. The number of aromatic nitrogens is 6. The Balaban J connectivity index is 1.48. The summed E-state index contributed by atoms with van der Waals surface area (Å²) in [6.07, 6.45) is 6.69. The minimum absolute atomic E-state index is 0.272. The number of fused-ring (bicyclic) bond motifs is 2. The number of para-hydroxylation sites is 1. The van der Waals surface area contributed by atoms with Crippen LogP contribution in [0.3, 0.4) is 0 Å². The smallest absolute Gasteiger partial charge is 0.267 e. The highest BCUT2D eigenvalue weighted by atomic mass is 32.1. The van der Waals surface area contributed by atoms with E-state index in [9.17, 15) is 9.59 Å². The number of nitrogens with zero attached hydrogens (tertiary/aromatic N) is 6. The molecule has 0 aliphatic carbocycles. The second kappa shape index (κ2) is 10.2.